The van der Waals surface area contributed by atoms with E-state index in [1.54, 1.807) is 22.4 Å². The average molecular weight is 500 g/mol. The number of amides is 2. The first kappa shape index (κ1) is 19.8. The van der Waals surface area contributed by atoms with Crippen LogP contribution in [0.25, 0.3) is 5.32 Å². The molecule has 0 aliphatic carbocycles. The van der Waals surface area contributed by atoms with E-state index in [0.717, 1.165) is 0 Å². The Balaban J connectivity index is 2.98. The van der Waals surface area contributed by atoms with Crippen LogP contribution in [0.3, 0.4) is 0 Å². The molecule has 9 nitrogen and oxygen atoms in total. The van der Waals surface area contributed by atoms with Crippen LogP contribution in [0, 0.1) is 6.92 Å². The van der Waals surface area contributed by atoms with Crippen molar-refractivity contribution in [3.05, 3.63) is 17.1 Å². The molecule has 0 spiro atoms. The molecule has 0 saturated carbocycles. The monoisotopic (exact) mass is 500 g/mol. The summed E-state index contributed by atoms with van der Waals surface area (Å²) in [6.07, 6.45) is 1.36. The third-order valence-electron chi connectivity index (χ3n) is 2.71. The van der Waals surface area contributed by atoms with Gasteiger partial charge in [-0.15, -0.1) is 0 Å². The third-order valence-corrected chi connectivity index (χ3v) is 3.15. The van der Waals surface area contributed by atoms with Crippen molar-refractivity contribution in [2.45, 2.75) is 13.8 Å². The van der Waals surface area contributed by atoms with Gasteiger partial charge in [-0.05, 0) is 0 Å². The molecule has 0 aromatic carbocycles. The molecule has 0 aliphatic rings. The number of carbonyl (C=O) groups is 2. The maximum absolute atomic E-state index is 11.6. The molecule has 0 unspecified atom stereocenters. The molecule has 1 aromatic heterocycles. The summed E-state index contributed by atoms with van der Waals surface area (Å²) in [4.78, 5) is 40.1. The van der Waals surface area contributed by atoms with Crippen LogP contribution < -0.4 is 10.2 Å². The number of nitrogens with one attached hydrogen (secondary N) is 1. The molecule has 1 aromatic rings. The molecule has 1 N–H and O–H groups in total. The van der Waals surface area contributed by atoms with Crippen LogP contribution in [-0.2, 0) is 28.9 Å². The fourth-order valence-electron chi connectivity index (χ4n) is 1.72. The first-order valence-electron chi connectivity index (χ1n) is 6.97. The van der Waals surface area contributed by atoms with Crippen molar-refractivity contribution < 1.29 is 28.9 Å². The topological polar surface area (TPSA) is 114 Å². The van der Waals surface area contributed by atoms with Gasteiger partial charge in [0.2, 0.25) is 0 Å². The van der Waals surface area contributed by atoms with E-state index in [2.05, 4.69) is 37.3 Å². The van der Waals surface area contributed by atoms with E-state index in [1.807, 2.05) is 0 Å². The molecule has 0 saturated heterocycles. The summed E-state index contributed by atoms with van der Waals surface area (Å²) in [7, 11) is 0. The van der Waals surface area contributed by atoms with Gasteiger partial charge in [-0.25, -0.2) is 0 Å². The zero-order chi connectivity index (χ0) is 17.9. The Kier molecular flexibility index (Phi) is 8.63. The van der Waals surface area contributed by atoms with Crippen molar-refractivity contribution in [1.82, 2.24) is 15.3 Å². The zero-order valence-corrected chi connectivity index (χ0v) is 16.4. The van der Waals surface area contributed by atoms with Gasteiger partial charge in [-0.2, -0.15) is 0 Å². The van der Waals surface area contributed by atoms with Crippen LogP contribution in [0.5, 0.6) is 0 Å². The second-order valence-electron chi connectivity index (χ2n) is 4.62. The molecule has 24 heavy (non-hydrogen) atoms. The Morgan fingerprint density at radius 2 is 2.25 bits per heavy atom. The summed E-state index contributed by atoms with van der Waals surface area (Å²) in [6, 6.07) is 1.73. The van der Waals surface area contributed by atoms with Crippen molar-refractivity contribution in [1.29, 1.82) is 0 Å². The Morgan fingerprint density at radius 1 is 1.50 bits per heavy atom. The van der Waals surface area contributed by atoms with Gasteiger partial charge < -0.3 is 0 Å². The van der Waals surface area contributed by atoms with Crippen molar-refractivity contribution >= 4 is 41.2 Å². The minimum atomic E-state index is -0.391. The molecule has 0 bridgehead atoms. The van der Waals surface area contributed by atoms with Crippen molar-refractivity contribution in [3.63, 3.8) is 0 Å². The fourth-order valence-corrected chi connectivity index (χ4v) is 1.92. The standard InChI is InChI=1S/C14H19N7O2.W/c1-10-7-12(20-14(19-10)18-9-15-3)21(8-13(23)16-4)6-5-17-11(2)22;/h3,7,9H,4-6,8H2,1-2H3,(H2,17,18,19,20,22);/p-1. The summed E-state index contributed by atoms with van der Waals surface area (Å²) < 4.78 is 1.67. The van der Waals surface area contributed by atoms with Gasteiger partial charge in [0.25, 0.3) is 0 Å². The van der Waals surface area contributed by atoms with E-state index < -0.39 is 5.91 Å². The normalized spacial score (nSPS) is 10.2. The molecular weight excluding hydrogens is 482 g/mol. The average Bonchev–Trinajstić information content (AvgIpc) is 2.53. The Hall–Kier alpha value is -2.28. The number of aliphatic imine (C=N–C) groups is 2. The van der Waals surface area contributed by atoms with E-state index in [9.17, 15) is 9.59 Å². The second kappa shape index (κ2) is 10.5. The third kappa shape index (κ3) is 7.32. The van der Waals surface area contributed by atoms with E-state index in [0.29, 0.717) is 24.6 Å². The second-order valence-corrected chi connectivity index (χ2v) is 5.38. The van der Waals surface area contributed by atoms with Gasteiger partial charge in [0.05, 0.1) is 0 Å². The molecule has 0 aliphatic heterocycles. The van der Waals surface area contributed by atoms with Crippen LogP contribution in [0.15, 0.2) is 16.1 Å². The number of aromatic nitrogens is 2. The molecule has 1 rings (SSSR count). The summed E-state index contributed by atoms with van der Waals surface area (Å²) in [5, 5.41) is 6.74. The summed E-state index contributed by atoms with van der Waals surface area (Å²) in [6.45, 7) is 7.22. The molecule has 1 heterocycles. The number of nitrogens with zero attached hydrogens (tertiary/aromatic N) is 6. The van der Waals surface area contributed by atoms with E-state index in [4.69, 9.17) is 0 Å². The predicted molar refractivity (Wildman–Crippen MR) is 89.8 cm³/mol. The number of hydrogen-bond acceptors (Lipinski definition) is 6. The maximum atomic E-state index is 11.6. The van der Waals surface area contributed by atoms with E-state index >= 15 is 0 Å². The van der Waals surface area contributed by atoms with Crippen LogP contribution in [0.2, 0.25) is 0 Å². The number of aryl methyl sites for hydroxylation is 1. The Bertz CT molecular complexity index is 648. The molecule has 0 radical (unpaired) electrons. The molecule has 128 valence electrons. The number of hydrogen-bond donors (Lipinski definition) is 1. The van der Waals surface area contributed by atoms with Crippen molar-refractivity contribution in [2.75, 3.05) is 24.5 Å². The summed E-state index contributed by atoms with van der Waals surface area (Å²) in [5.41, 5.74) is 0.696. The molecule has 0 fully saturated rings. The SMILES string of the molecule is C=NC(=O)CN(CCNC(C)=O)c1cc(C)nc([N-]C=N[CH]=[W])n1. The van der Waals surface area contributed by atoms with Gasteiger partial charge in [-0.3, -0.25) is 4.79 Å². The van der Waals surface area contributed by atoms with E-state index in [-0.39, 0.29) is 18.4 Å². The first-order chi connectivity index (χ1) is 11.5. The summed E-state index contributed by atoms with van der Waals surface area (Å²) in [5.74, 6) is 0.224. The first-order valence-corrected chi connectivity index (χ1v) is 8.66. The number of anilines is 1. The minimum absolute atomic E-state index is 0.000828. The van der Waals surface area contributed by atoms with E-state index in [1.165, 1.54) is 32.6 Å². The molecule has 2 amide bonds. The van der Waals surface area contributed by atoms with Gasteiger partial charge in [0, 0.05) is 6.92 Å². The number of rotatable bonds is 9. The number of carbonyl (C=O) groups excluding carboxylic acids is 2. The van der Waals surface area contributed by atoms with Crippen molar-refractivity contribution in [3.8, 4) is 0 Å². The van der Waals surface area contributed by atoms with Gasteiger partial charge in [0.15, 0.2) is 0 Å². The molecular formula is C14H18N7O2W-. The van der Waals surface area contributed by atoms with Crippen LogP contribution >= 0.6 is 0 Å². The van der Waals surface area contributed by atoms with Gasteiger partial charge in [0.1, 0.15) is 0 Å². The van der Waals surface area contributed by atoms with Crippen molar-refractivity contribution in [2.24, 2.45) is 9.98 Å². The Labute approximate surface area is 151 Å². The molecule has 0 atom stereocenters. The fraction of sp³-hybridized carbons (Fsp3) is 0.357. The van der Waals surface area contributed by atoms with Crippen LogP contribution in [0.1, 0.15) is 12.6 Å². The predicted octanol–water partition coefficient (Wildman–Crippen LogP) is 0.295. The zero-order valence-electron chi connectivity index (χ0n) is 13.5. The summed E-state index contributed by atoms with van der Waals surface area (Å²) >= 11 is 1.21. The van der Waals surface area contributed by atoms with Crippen LogP contribution in [0.4, 0.5) is 11.8 Å². The quantitative estimate of drug-likeness (QED) is 0.387. The Morgan fingerprint density at radius 3 is 2.88 bits per heavy atom. The molecule has 10 heteroatoms. The van der Waals surface area contributed by atoms with Crippen LogP contribution in [-0.4, -0.2) is 59.0 Å². The van der Waals surface area contributed by atoms with Gasteiger partial charge in [-0.1, -0.05) is 0 Å². The van der Waals surface area contributed by atoms with Gasteiger partial charge >= 0.3 is 139 Å².